The van der Waals surface area contributed by atoms with Gasteiger partial charge in [0.05, 0.1) is 24.5 Å². The maximum absolute atomic E-state index is 13.1. The summed E-state index contributed by atoms with van der Waals surface area (Å²) in [6.45, 7) is 1.18. The molecular weight excluding hydrogens is 401 g/mol. The van der Waals surface area contributed by atoms with Crippen LogP contribution in [-0.2, 0) is 33.0 Å². The summed E-state index contributed by atoms with van der Waals surface area (Å²) in [7, 11) is 1.86. The Morgan fingerprint density at radius 1 is 1.27 bits per heavy atom. The van der Waals surface area contributed by atoms with Crippen LogP contribution in [0, 0.1) is 5.82 Å². The van der Waals surface area contributed by atoms with Gasteiger partial charge in [0.25, 0.3) is 5.56 Å². The Morgan fingerprint density at radius 3 is 2.87 bits per heavy atom. The molecule has 8 heteroatoms. The second-order valence-electron chi connectivity index (χ2n) is 7.83. The molecule has 1 N–H and O–H groups in total. The van der Waals surface area contributed by atoms with E-state index < -0.39 is 0 Å². The number of aryl methyl sites for hydroxylation is 2. The van der Waals surface area contributed by atoms with Crippen molar-refractivity contribution >= 4 is 21.6 Å². The largest absolute Gasteiger partial charge is 0.310 e. The molecule has 1 unspecified atom stereocenters. The van der Waals surface area contributed by atoms with Gasteiger partial charge < -0.3 is 5.32 Å². The highest BCUT2D eigenvalue weighted by Gasteiger charge is 2.25. The molecule has 1 aliphatic rings. The monoisotopic (exact) mass is 423 g/mol. The number of hydrogen-bond donors (Lipinski definition) is 1. The number of halogens is 1. The second-order valence-corrected chi connectivity index (χ2v) is 8.91. The minimum atomic E-state index is -0.215. The Bertz CT molecular complexity index is 1260. The third kappa shape index (κ3) is 3.68. The Morgan fingerprint density at radius 2 is 2.10 bits per heavy atom. The zero-order valence-corrected chi connectivity index (χ0v) is 17.5. The van der Waals surface area contributed by atoms with Crippen LogP contribution in [-0.4, -0.2) is 25.4 Å². The van der Waals surface area contributed by atoms with Crippen molar-refractivity contribution in [3.05, 3.63) is 80.7 Å². The summed E-state index contributed by atoms with van der Waals surface area (Å²) in [5.74, 6) is -0.215. The molecule has 0 saturated carbocycles. The lowest BCUT2D eigenvalue weighted by molar-refractivity contribution is 0.462. The number of nitrogens with one attached hydrogen (secondary N) is 1. The molecule has 30 heavy (non-hydrogen) atoms. The lowest BCUT2D eigenvalue weighted by Crippen LogP contribution is -2.33. The van der Waals surface area contributed by atoms with Crippen LogP contribution in [0.5, 0.6) is 0 Å². The maximum Gasteiger partial charge on any atom is 0.262 e. The Kier molecular flexibility index (Phi) is 4.96. The zero-order valence-electron chi connectivity index (χ0n) is 16.6. The molecule has 1 atom stereocenters. The highest BCUT2D eigenvalue weighted by atomic mass is 32.1. The minimum Gasteiger partial charge on any atom is -0.310 e. The summed E-state index contributed by atoms with van der Waals surface area (Å²) in [6.07, 6.45) is 8.05. The van der Waals surface area contributed by atoms with Gasteiger partial charge in [-0.2, -0.15) is 5.10 Å². The van der Waals surface area contributed by atoms with Gasteiger partial charge in [-0.15, -0.1) is 11.3 Å². The van der Waals surface area contributed by atoms with Crippen LogP contribution in [0.3, 0.4) is 0 Å². The summed E-state index contributed by atoms with van der Waals surface area (Å²) in [6, 6.07) is 6.94. The van der Waals surface area contributed by atoms with Gasteiger partial charge in [-0.05, 0) is 42.5 Å². The van der Waals surface area contributed by atoms with E-state index in [2.05, 4.69) is 15.4 Å². The van der Waals surface area contributed by atoms with E-state index in [1.165, 1.54) is 17.0 Å². The van der Waals surface area contributed by atoms with Crippen LogP contribution in [0.2, 0.25) is 0 Å². The van der Waals surface area contributed by atoms with Crippen molar-refractivity contribution in [1.29, 1.82) is 0 Å². The van der Waals surface area contributed by atoms with Gasteiger partial charge in [0.2, 0.25) is 0 Å². The van der Waals surface area contributed by atoms with E-state index in [1.807, 2.05) is 25.4 Å². The van der Waals surface area contributed by atoms with Gasteiger partial charge in [-0.3, -0.25) is 14.0 Å². The van der Waals surface area contributed by atoms with Crippen molar-refractivity contribution in [2.24, 2.45) is 7.05 Å². The van der Waals surface area contributed by atoms with Crippen molar-refractivity contribution in [3.8, 4) is 0 Å². The molecule has 0 spiro atoms. The van der Waals surface area contributed by atoms with E-state index in [1.54, 1.807) is 33.1 Å². The van der Waals surface area contributed by atoms with Crippen molar-refractivity contribution < 1.29 is 4.39 Å². The molecule has 0 saturated heterocycles. The van der Waals surface area contributed by atoms with E-state index in [0.29, 0.717) is 19.1 Å². The predicted octanol–water partition coefficient (Wildman–Crippen LogP) is 3.03. The molecular formula is C22H22FN5OS. The molecule has 0 radical (unpaired) electrons. The SMILES string of the molecule is Cn1cc(Cn2cnc3sc4c(c3c2=O)CCC(NCc2ccc(F)cc2)C4)cn1. The summed E-state index contributed by atoms with van der Waals surface area (Å²) in [4.78, 5) is 19.8. The fraction of sp³-hybridized carbons (Fsp3) is 0.318. The molecule has 3 heterocycles. The normalized spacial score (nSPS) is 16.1. The number of nitrogens with zero attached hydrogens (tertiary/aromatic N) is 4. The highest BCUT2D eigenvalue weighted by molar-refractivity contribution is 7.18. The Labute approximate surface area is 177 Å². The molecule has 154 valence electrons. The Hall–Kier alpha value is -2.84. The third-order valence-corrected chi connectivity index (χ3v) is 6.82. The summed E-state index contributed by atoms with van der Waals surface area (Å²) >= 11 is 1.63. The fourth-order valence-electron chi connectivity index (χ4n) is 4.10. The number of aromatic nitrogens is 4. The topological polar surface area (TPSA) is 64.7 Å². The molecule has 4 aromatic rings. The van der Waals surface area contributed by atoms with Crippen molar-refractivity contribution in [2.75, 3.05) is 0 Å². The number of benzene rings is 1. The van der Waals surface area contributed by atoms with Gasteiger partial charge in [0.15, 0.2) is 0 Å². The van der Waals surface area contributed by atoms with E-state index in [9.17, 15) is 9.18 Å². The highest BCUT2D eigenvalue weighted by Crippen LogP contribution is 2.33. The van der Waals surface area contributed by atoms with Crippen LogP contribution >= 0.6 is 11.3 Å². The van der Waals surface area contributed by atoms with Crippen LogP contribution in [0.25, 0.3) is 10.2 Å². The van der Waals surface area contributed by atoms with Crippen molar-refractivity contribution in [3.63, 3.8) is 0 Å². The average Bonchev–Trinajstić information content (AvgIpc) is 3.32. The third-order valence-electron chi connectivity index (χ3n) is 5.66. The predicted molar refractivity (Wildman–Crippen MR) is 115 cm³/mol. The quantitative estimate of drug-likeness (QED) is 0.536. The molecule has 1 aliphatic carbocycles. The molecule has 0 fully saturated rings. The lowest BCUT2D eigenvalue weighted by atomic mass is 9.93. The van der Waals surface area contributed by atoms with E-state index in [4.69, 9.17) is 0 Å². The van der Waals surface area contributed by atoms with Crippen LogP contribution in [0.1, 0.15) is 28.0 Å². The zero-order chi connectivity index (χ0) is 20.7. The molecule has 0 bridgehead atoms. The number of hydrogen-bond acceptors (Lipinski definition) is 5. The molecule has 0 amide bonds. The van der Waals surface area contributed by atoms with Crippen LogP contribution in [0.4, 0.5) is 4.39 Å². The fourth-order valence-corrected chi connectivity index (χ4v) is 5.36. The smallest absolute Gasteiger partial charge is 0.262 e. The molecule has 3 aromatic heterocycles. The van der Waals surface area contributed by atoms with Crippen LogP contribution in [0.15, 0.2) is 47.8 Å². The number of fused-ring (bicyclic) bond motifs is 3. The summed E-state index contributed by atoms with van der Waals surface area (Å²) in [5, 5.41) is 8.53. The van der Waals surface area contributed by atoms with Gasteiger partial charge >= 0.3 is 0 Å². The van der Waals surface area contributed by atoms with Gasteiger partial charge in [-0.1, -0.05) is 12.1 Å². The standard InChI is InChI=1S/C22H22FN5OS/c1-27-11-15(10-26-27)12-28-13-25-21-20(22(28)29)18-7-6-17(8-19(18)30-21)24-9-14-2-4-16(23)5-3-14/h2-5,10-11,13,17,24H,6-9,12H2,1H3. The van der Waals surface area contributed by atoms with Gasteiger partial charge in [-0.25, -0.2) is 9.37 Å². The van der Waals surface area contributed by atoms with Crippen LogP contribution < -0.4 is 10.9 Å². The van der Waals surface area contributed by atoms with Gasteiger partial charge in [0, 0.05) is 36.3 Å². The molecule has 0 aliphatic heterocycles. The van der Waals surface area contributed by atoms with E-state index in [0.717, 1.165) is 46.2 Å². The van der Waals surface area contributed by atoms with Gasteiger partial charge in [0.1, 0.15) is 10.6 Å². The number of thiophene rings is 1. The first-order valence-corrected chi connectivity index (χ1v) is 10.8. The summed E-state index contributed by atoms with van der Waals surface area (Å²) in [5.41, 5.74) is 3.24. The lowest BCUT2D eigenvalue weighted by Gasteiger charge is -2.23. The molecule has 1 aromatic carbocycles. The Balaban J connectivity index is 1.35. The second kappa shape index (κ2) is 7.77. The first kappa shape index (κ1) is 19.1. The first-order chi connectivity index (χ1) is 14.6. The van der Waals surface area contributed by atoms with Crippen molar-refractivity contribution in [1.82, 2.24) is 24.6 Å². The van der Waals surface area contributed by atoms with Crippen molar-refractivity contribution in [2.45, 2.75) is 38.4 Å². The first-order valence-electron chi connectivity index (χ1n) is 10.0. The van der Waals surface area contributed by atoms with E-state index >= 15 is 0 Å². The minimum absolute atomic E-state index is 0.0269. The number of rotatable bonds is 5. The molecule has 6 nitrogen and oxygen atoms in total. The molecule has 5 rings (SSSR count). The average molecular weight is 424 g/mol. The summed E-state index contributed by atoms with van der Waals surface area (Å²) < 4.78 is 16.5. The maximum atomic E-state index is 13.1. The van der Waals surface area contributed by atoms with E-state index in [-0.39, 0.29) is 11.4 Å².